The van der Waals surface area contributed by atoms with Crippen molar-refractivity contribution >= 4 is 17.8 Å². The van der Waals surface area contributed by atoms with Crippen molar-refractivity contribution in [1.82, 2.24) is 0 Å². The van der Waals surface area contributed by atoms with Crippen LogP contribution in [-0.2, 0) is 19.0 Å². The van der Waals surface area contributed by atoms with Gasteiger partial charge in [-0.1, -0.05) is 30.1 Å². The normalized spacial score (nSPS) is 27.8. The lowest BCUT2D eigenvalue weighted by atomic mass is 9.98. The highest BCUT2D eigenvalue weighted by Gasteiger charge is 2.43. The van der Waals surface area contributed by atoms with Gasteiger partial charge in [0.25, 0.3) is 0 Å². The van der Waals surface area contributed by atoms with Gasteiger partial charge < -0.3 is 24.4 Å². The highest BCUT2D eigenvalue weighted by Crippen LogP contribution is 2.32. The van der Waals surface area contributed by atoms with E-state index in [9.17, 15) is 14.7 Å². The van der Waals surface area contributed by atoms with E-state index in [4.69, 9.17) is 19.3 Å². The van der Waals surface area contributed by atoms with Gasteiger partial charge in [0.2, 0.25) is 0 Å². The highest BCUT2D eigenvalue weighted by atomic mass is 16.8. The molecular formula is C23H24O7. The third kappa shape index (κ3) is 4.79. The maximum Gasteiger partial charge on any atom is 0.342 e. The third-order valence-corrected chi connectivity index (χ3v) is 4.65. The summed E-state index contributed by atoms with van der Waals surface area (Å²) >= 11 is 0. The van der Waals surface area contributed by atoms with Gasteiger partial charge in [0.05, 0.1) is 0 Å². The number of aliphatic hydroxyl groups is 1. The fourth-order valence-corrected chi connectivity index (χ4v) is 3.34. The van der Waals surface area contributed by atoms with E-state index in [1.807, 2.05) is 0 Å². The number of ketones is 1. The molecule has 2 aliphatic rings. The summed E-state index contributed by atoms with van der Waals surface area (Å²) in [5, 5.41) is 19.4. The number of esters is 1. The van der Waals surface area contributed by atoms with Gasteiger partial charge in [-0.25, -0.2) is 4.79 Å². The zero-order chi connectivity index (χ0) is 21.9. The van der Waals surface area contributed by atoms with Crippen molar-refractivity contribution in [2.75, 3.05) is 6.61 Å². The van der Waals surface area contributed by atoms with E-state index in [1.165, 1.54) is 18.2 Å². The van der Waals surface area contributed by atoms with Crippen LogP contribution in [0, 0.1) is 11.8 Å². The number of aromatic hydroxyl groups is 1. The van der Waals surface area contributed by atoms with Crippen molar-refractivity contribution in [1.29, 1.82) is 0 Å². The van der Waals surface area contributed by atoms with Crippen molar-refractivity contribution in [2.45, 2.75) is 51.3 Å². The summed E-state index contributed by atoms with van der Waals surface area (Å²) in [6.45, 7) is 4.75. The fourth-order valence-electron chi connectivity index (χ4n) is 3.34. The molecule has 0 aliphatic carbocycles. The first-order chi connectivity index (χ1) is 14.2. The maximum atomic E-state index is 12.8. The Morgan fingerprint density at radius 2 is 1.97 bits per heavy atom. The Morgan fingerprint density at radius 1 is 1.20 bits per heavy atom. The number of rotatable bonds is 0. The monoisotopic (exact) mass is 412 g/mol. The Kier molecular flexibility index (Phi) is 6.42. The van der Waals surface area contributed by atoms with Crippen LogP contribution in [0.4, 0.5) is 0 Å². The number of benzene rings is 1. The number of cyclic esters (lactones) is 1. The van der Waals surface area contributed by atoms with Crippen molar-refractivity contribution in [3.63, 3.8) is 0 Å². The van der Waals surface area contributed by atoms with Gasteiger partial charge in [-0.3, -0.25) is 4.79 Å². The van der Waals surface area contributed by atoms with Gasteiger partial charge in [-0.2, -0.15) is 0 Å². The molecule has 0 radical (unpaired) electrons. The fraction of sp³-hybridized carbons (Fsp3) is 0.391. The molecule has 0 spiro atoms. The molecule has 0 unspecified atom stereocenters. The largest absolute Gasteiger partial charge is 0.507 e. The van der Waals surface area contributed by atoms with Crippen molar-refractivity contribution in [3.8, 4) is 17.6 Å². The third-order valence-electron chi connectivity index (χ3n) is 4.65. The van der Waals surface area contributed by atoms with Crippen LogP contribution >= 0.6 is 0 Å². The lowest BCUT2D eigenvalue weighted by molar-refractivity contribution is -0.151. The molecule has 158 valence electrons. The second kappa shape index (κ2) is 8.84. The number of phenolic OH excluding ortho intramolecular Hbond substituents is 1. The molecule has 2 N–H and O–H groups in total. The van der Waals surface area contributed by atoms with Gasteiger partial charge in [0, 0.05) is 17.5 Å². The maximum absolute atomic E-state index is 12.8. The summed E-state index contributed by atoms with van der Waals surface area (Å²) in [4.78, 5) is 25.4. The number of carbonyl (C=O) groups excluding carboxylic acids is 2. The van der Waals surface area contributed by atoms with E-state index in [0.717, 1.165) is 0 Å². The molecule has 1 aromatic carbocycles. The van der Waals surface area contributed by atoms with Gasteiger partial charge in [-0.15, -0.1) is 0 Å². The minimum Gasteiger partial charge on any atom is -0.507 e. The molecule has 7 nitrogen and oxygen atoms in total. The number of hydrogen-bond acceptors (Lipinski definition) is 7. The summed E-state index contributed by atoms with van der Waals surface area (Å²) in [7, 11) is 0. The number of phenols is 1. The molecule has 1 aromatic rings. The Hall–Kier alpha value is -2.92. The zero-order valence-corrected chi connectivity index (χ0v) is 17.0. The van der Waals surface area contributed by atoms with E-state index in [0.29, 0.717) is 17.5 Å². The molecule has 3 atom stereocenters. The molecule has 30 heavy (non-hydrogen) atoms. The average molecular weight is 412 g/mol. The van der Waals surface area contributed by atoms with Crippen LogP contribution < -0.4 is 0 Å². The Balaban J connectivity index is 2.16. The van der Waals surface area contributed by atoms with E-state index >= 15 is 0 Å². The summed E-state index contributed by atoms with van der Waals surface area (Å²) in [5.74, 6) is 3.11. The van der Waals surface area contributed by atoms with Crippen LogP contribution in [0.25, 0.3) is 6.08 Å². The van der Waals surface area contributed by atoms with Crippen molar-refractivity contribution in [2.24, 2.45) is 0 Å². The van der Waals surface area contributed by atoms with Crippen LogP contribution in [0.3, 0.4) is 0 Å². The zero-order valence-electron chi connectivity index (χ0n) is 17.0. The van der Waals surface area contributed by atoms with Crippen molar-refractivity contribution in [3.05, 3.63) is 47.1 Å². The van der Waals surface area contributed by atoms with Crippen LogP contribution in [0.15, 0.2) is 30.4 Å². The molecule has 1 fully saturated rings. The summed E-state index contributed by atoms with van der Waals surface area (Å²) in [5.41, 5.74) is 0.665. The number of aliphatic hydroxyl groups excluding tert-OH is 1. The van der Waals surface area contributed by atoms with E-state index in [-0.39, 0.29) is 23.7 Å². The SMILES string of the molecule is C[C@H]1C/C=C\C(=O)[C@H]2OC(C)(C)O[C@H]2/C=C/c2c(C#CCO)ccc(O)c2C(=O)O1. The predicted molar refractivity (Wildman–Crippen MR) is 109 cm³/mol. The molecule has 2 heterocycles. The highest BCUT2D eigenvalue weighted by molar-refractivity contribution is 5.98. The smallest absolute Gasteiger partial charge is 0.342 e. The molecule has 1 saturated heterocycles. The Labute approximate surface area is 174 Å². The predicted octanol–water partition coefficient (Wildman–Crippen LogP) is 2.34. The van der Waals surface area contributed by atoms with Gasteiger partial charge in [0.1, 0.15) is 30.1 Å². The quantitative estimate of drug-likeness (QED) is 0.498. The van der Waals surface area contributed by atoms with E-state index < -0.39 is 30.1 Å². The number of hydrogen-bond donors (Lipinski definition) is 2. The molecule has 0 aromatic heterocycles. The Bertz CT molecular complexity index is 962. The molecule has 0 saturated carbocycles. The Morgan fingerprint density at radius 3 is 2.70 bits per heavy atom. The molecule has 3 rings (SSSR count). The first-order valence-corrected chi connectivity index (χ1v) is 9.63. The van der Waals surface area contributed by atoms with Gasteiger partial charge in [-0.05, 0) is 39.0 Å². The topological polar surface area (TPSA) is 102 Å². The van der Waals surface area contributed by atoms with Crippen LogP contribution in [0.2, 0.25) is 0 Å². The lowest BCUT2D eigenvalue weighted by Crippen LogP contribution is -2.29. The van der Waals surface area contributed by atoms with Crippen LogP contribution in [0.1, 0.15) is 48.7 Å². The summed E-state index contributed by atoms with van der Waals surface area (Å²) in [6, 6.07) is 2.89. The van der Waals surface area contributed by atoms with E-state index in [2.05, 4.69) is 11.8 Å². The molecular weight excluding hydrogens is 388 g/mol. The number of ether oxygens (including phenoxy) is 3. The number of fused-ring (bicyclic) bond motifs is 2. The molecule has 7 heteroatoms. The second-order valence-electron chi connectivity index (χ2n) is 7.52. The standard InChI is InChI=1S/C23H24O7/c1-14-6-4-8-18(26)21-19(29-23(2,3)30-21)12-10-16-15(7-5-13-24)9-11-17(25)20(16)22(27)28-14/h4,8-12,14,19,21,24-25H,6,13H2,1-3H3/b8-4-,12-10+/t14-,19-,21+/m0/s1. The minimum atomic E-state index is -0.965. The minimum absolute atomic E-state index is 0.0490. The van der Waals surface area contributed by atoms with Crippen LogP contribution in [0.5, 0.6) is 5.75 Å². The van der Waals surface area contributed by atoms with Crippen LogP contribution in [-0.4, -0.2) is 52.7 Å². The second-order valence-corrected chi connectivity index (χ2v) is 7.52. The van der Waals surface area contributed by atoms with Gasteiger partial charge >= 0.3 is 5.97 Å². The summed E-state index contributed by atoms with van der Waals surface area (Å²) in [6.07, 6.45) is 4.40. The van der Waals surface area contributed by atoms with E-state index in [1.54, 1.807) is 39.0 Å². The van der Waals surface area contributed by atoms with Gasteiger partial charge in [0.15, 0.2) is 17.7 Å². The molecule has 2 aliphatic heterocycles. The molecule has 0 bridgehead atoms. The average Bonchev–Trinajstić information content (AvgIpc) is 2.99. The molecule has 0 amide bonds. The number of carbonyl (C=O) groups is 2. The first-order valence-electron chi connectivity index (χ1n) is 9.63. The first kappa shape index (κ1) is 21.8. The van der Waals surface area contributed by atoms with Crippen molar-refractivity contribution < 1.29 is 34.0 Å². The summed E-state index contributed by atoms with van der Waals surface area (Å²) < 4.78 is 17.1. The lowest BCUT2D eigenvalue weighted by Gasteiger charge is -2.16.